The minimum atomic E-state index is -0.912. The van der Waals surface area contributed by atoms with Crippen LogP contribution in [0.3, 0.4) is 0 Å². The number of nitrogens with one attached hydrogen (secondary N) is 1. The van der Waals surface area contributed by atoms with E-state index in [0.29, 0.717) is 36.5 Å². The smallest absolute Gasteiger partial charge is 0.408 e. The molecule has 8 nitrogen and oxygen atoms in total. The topological polar surface area (TPSA) is 108 Å². The Bertz CT molecular complexity index is 1040. The fourth-order valence-electron chi connectivity index (χ4n) is 8.47. The zero-order chi connectivity index (χ0) is 30.1. The van der Waals surface area contributed by atoms with Gasteiger partial charge in [-0.25, -0.2) is 14.4 Å². The molecule has 4 aliphatic carbocycles. The van der Waals surface area contributed by atoms with Gasteiger partial charge in [0.1, 0.15) is 17.7 Å². The van der Waals surface area contributed by atoms with Gasteiger partial charge in [0.25, 0.3) is 0 Å². The Morgan fingerprint density at radius 2 is 1.83 bits per heavy atom. The van der Waals surface area contributed by atoms with Gasteiger partial charge in [0.15, 0.2) is 12.4 Å². The van der Waals surface area contributed by atoms with Gasteiger partial charge in [-0.3, -0.25) is 4.79 Å². The number of rotatable bonds is 8. The number of alkyl carbamates (subject to hydrolysis) is 1. The molecule has 1 N–H and O–H groups in total. The van der Waals surface area contributed by atoms with Crippen LogP contribution in [-0.2, 0) is 28.6 Å². The number of carbonyl (C=O) groups excluding carboxylic acids is 4. The van der Waals surface area contributed by atoms with Crippen LogP contribution in [0.15, 0.2) is 11.6 Å². The summed E-state index contributed by atoms with van der Waals surface area (Å²) < 4.78 is 16.8. The van der Waals surface area contributed by atoms with Crippen LogP contribution in [0.2, 0.25) is 0 Å². The molecule has 0 heterocycles. The van der Waals surface area contributed by atoms with Crippen molar-refractivity contribution in [1.29, 1.82) is 0 Å². The molecule has 0 radical (unpaired) electrons. The summed E-state index contributed by atoms with van der Waals surface area (Å²) in [5.41, 5.74) is 0.570. The summed E-state index contributed by atoms with van der Waals surface area (Å²) in [7, 11) is 0. The maximum absolute atomic E-state index is 13.1. The first kappa shape index (κ1) is 31.6. The number of ketones is 1. The van der Waals surface area contributed by atoms with E-state index in [-0.39, 0.29) is 29.1 Å². The van der Waals surface area contributed by atoms with E-state index >= 15 is 0 Å². The molecule has 41 heavy (non-hydrogen) atoms. The van der Waals surface area contributed by atoms with Crippen molar-refractivity contribution in [2.45, 2.75) is 124 Å². The van der Waals surface area contributed by atoms with E-state index < -0.39 is 36.3 Å². The Hall–Kier alpha value is -2.38. The Balaban J connectivity index is 1.38. The third kappa shape index (κ3) is 7.16. The van der Waals surface area contributed by atoms with Gasteiger partial charge in [0, 0.05) is 11.8 Å². The van der Waals surface area contributed by atoms with Gasteiger partial charge >= 0.3 is 18.0 Å². The average Bonchev–Trinajstić information content (AvgIpc) is 3.16. The van der Waals surface area contributed by atoms with Gasteiger partial charge in [-0.1, -0.05) is 33.3 Å². The molecule has 0 saturated heterocycles. The van der Waals surface area contributed by atoms with Crippen molar-refractivity contribution >= 4 is 23.8 Å². The second-order valence-corrected chi connectivity index (χ2v) is 14.6. The molecule has 3 saturated carbocycles. The van der Waals surface area contributed by atoms with Gasteiger partial charge in [0.05, 0.1) is 0 Å². The first-order valence-electron chi connectivity index (χ1n) is 15.8. The Kier molecular flexibility index (Phi) is 9.59. The van der Waals surface area contributed by atoms with Crippen LogP contribution >= 0.6 is 0 Å². The molecule has 0 spiro atoms. The fourth-order valence-corrected chi connectivity index (χ4v) is 8.47. The third-order valence-corrected chi connectivity index (χ3v) is 10.2. The quantitative estimate of drug-likeness (QED) is 0.274. The van der Waals surface area contributed by atoms with E-state index in [1.807, 2.05) is 19.9 Å². The number of amides is 1. The number of esters is 2. The minimum Gasteiger partial charge on any atom is -0.459 e. The Morgan fingerprint density at radius 1 is 1.10 bits per heavy atom. The maximum atomic E-state index is 13.1. The van der Waals surface area contributed by atoms with E-state index in [1.165, 1.54) is 5.57 Å². The second kappa shape index (κ2) is 12.5. The van der Waals surface area contributed by atoms with Gasteiger partial charge in [0.2, 0.25) is 0 Å². The Morgan fingerprint density at radius 3 is 2.49 bits per heavy atom. The molecule has 0 aliphatic heterocycles. The monoisotopic (exact) mass is 573 g/mol. The molecule has 1 amide bonds. The highest BCUT2D eigenvalue weighted by Crippen LogP contribution is 2.64. The van der Waals surface area contributed by atoms with Crippen LogP contribution in [0.1, 0.15) is 106 Å². The van der Waals surface area contributed by atoms with Crippen LogP contribution in [0, 0.1) is 40.9 Å². The molecule has 8 heteroatoms. The van der Waals surface area contributed by atoms with Crippen molar-refractivity contribution in [3.05, 3.63) is 11.6 Å². The van der Waals surface area contributed by atoms with Crippen LogP contribution in [0.4, 0.5) is 4.79 Å². The molecule has 0 aromatic heterocycles. The largest absolute Gasteiger partial charge is 0.459 e. The second-order valence-electron chi connectivity index (χ2n) is 14.6. The summed E-state index contributed by atoms with van der Waals surface area (Å²) in [4.78, 5) is 50.3. The zero-order valence-electron chi connectivity index (χ0n) is 26.1. The summed E-state index contributed by atoms with van der Waals surface area (Å²) in [5, 5.41) is 2.60. The highest BCUT2D eigenvalue weighted by atomic mass is 16.6. The normalized spacial score (nSPS) is 33.6. The van der Waals surface area contributed by atoms with Crippen LogP contribution < -0.4 is 5.32 Å². The van der Waals surface area contributed by atoms with Crippen LogP contribution in [0.25, 0.3) is 0 Å². The lowest BCUT2D eigenvalue weighted by molar-refractivity contribution is -0.172. The highest BCUT2D eigenvalue weighted by molar-refractivity contribution is 5.91. The molecule has 4 aliphatic rings. The van der Waals surface area contributed by atoms with Gasteiger partial charge in [-0.2, -0.15) is 0 Å². The first-order valence-corrected chi connectivity index (χ1v) is 15.8. The summed E-state index contributed by atoms with van der Waals surface area (Å²) >= 11 is 0. The lowest BCUT2D eigenvalue weighted by atomic mass is 9.52. The minimum absolute atomic E-state index is 0.105. The molecule has 230 valence electrons. The number of ether oxygens (including phenoxy) is 3. The van der Waals surface area contributed by atoms with E-state index in [1.54, 1.807) is 20.8 Å². The summed E-state index contributed by atoms with van der Waals surface area (Å²) in [6, 6.07) is -0.912. The molecule has 0 bridgehead atoms. The van der Waals surface area contributed by atoms with Crippen molar-refractivity contribution in [3.63, 3.8) is 0 Å². The van der Waals surface area contributed by atoms with E-state index in [4.69, 9.17) is 14.2 Å². The van der Waals surface area contributed by atoms with Crippen LogP contribution in [0.5, 0.6) is 0 Å². The molecule has 1 unspecified atom stereocenters. The summed E-state index contributed by atoms with van der Waals surface area (Å²) in [5.74, 6) is 1.70. The predicted molar refractivity (Wildman–Crippen MR) is 155 cm³/mol. The number of hydrogen-bond donors (Lipinski definition) is 1. The van der Waals surface area contributed by atoms with E-state index in [9.17, 15) is 19.2 Å². The molecule has 8 atom stereocenters. The Labute approximate surface area is 245 Å². The first-order chi connectivity index (χ1) is 19.2. The van der Waals surface area contributed by atoms with Crippen molar-refractivity contribution in [3.8, 4) is 0 Å². The maximum Gasteiger partial charge on any atom is 0.408 e. The summed E-state index contributed by atoms with van der Waals surface area (Å²) in [6.45, 7) is 13.1. The number of allylic oxidation sites excluding steroid dienone is 1. The molecule has 0 aromatic carbocycles. The van der Waals surface area contributed by atoms with Crippen molar-refractivity contribution < 1.29 is 33.4 Å². The third-order valence-electron chi connectivity index (χ3n) is 10.2. The van der Waals surface area contributed by atoms with Gasteiger partial charge in [-0.05, 0) is 114 Å². The summed E-state index contributed by atoms with van der Waals surface area (Å²) in [6.07, 6.45) is 9.24. The molecular formula is C33H51NO7. The van der Waals surface area contributed by atoms with Gasteiger partial charge in [-0.15, -0.1) is 0 Å². The zero-order valence-corrected chi connectivity index (χ0v) is 26.1. The van der Waals surface area contributed by atoms with Gasteiger partial charge < -0.3 is 19.5 Å². The number of fused-ring (bicyclic) bond motifs is 5. The van der Waals surface area contributed by atoms with Crippen molar-refractivity contribution in [1.82, 2.24) is 5.32 Å². The van der Waals surface area contributed by atoms with E-state index in [2.05, 4.69) is 19.2 Å². The lowest BCUT2D eigenvalue weighted by Crippen LogP contribution is -2.49. The van der Waals surface area contributed by atoms with Crippen LogP contribution in [-0.4, -0.2) is 48.2 Å². The number of carbonyl (C=O) groups is 4. The standard InChI is InChI=1S/C33H51NO7/c1-8-20-17-26-25-11-9-21-16-22(35)10-12-23(21)24(25)13-14-33(26,7)29(20)40-28(36)18-39-30(37)27(15-19(2)3)34-31(38)41-32(4,5)6/h16,19-20,23-27,29H,8-15,17-18H2,1-7H3,(H,34,38)/t20-,23-,24+,25+,26-,27?,29-,33-/m0/s1. The van der Waals surface area contributed by atoms with Crippen molar-refractivity contribution in [2.24, 2.45) is 40.9 Å². The average molecular weight is 574 g/mol. The van der Waals surface area contributed by atoms with E-state index in [0.717, 1.165) is 44.9 Å². The molecule has 3 fully saturated rings. The molecular weight excluding hydrogens is 522 g/mol. The predicted octanol–water partition coefficient (Wildman–Crippen LogP) is 6.16. The SMILES string of the molecule is CC[C@H]1C[C@H]2[C@@H]3CCC4=CC(=O)CC[C@@H]4[C@H]3CC[C@]2(C)[C@H]1OC(=O)COC(=O)C(CC(C)C)NC(=O)OC(C)(C)C. The van der Waals surface area contributed by atoms with Crippen molar-refractivity contribution in [2.75, 3.05) is 6.61 Å². The molecule has 0 aromatic rings. The fraction of sp³-hybridized carbons (Fsp3) is 0.818. The molecule has 4 rings (SSSR count). The lowest BCUT2D eigenvalue weighted by Gasteiger charge is -2.53. The number of hydrogen-bond acceptors (Lipinski definition) is 7. The highest BCUT2D eigenvalue weighted by Gasteiger charge is 2.60.